The number of halogens is 1. The molecule has 0 radical (unpaired) electrons. The van der Waals surface area contributed by atoms with Crippen LogP contribution in [0, 0.1) is 0 Å². The SMILES string of the molecule is CC(=O)N1c2ccc(-c3cnn(C4CCNCC4)c3)c(Oc3ccc(Cl)cc3)c2CC[C@@H]1C. The number of aromatic nitrogens is 2. The summed E-state index contributed by atoms with van der Waals surface area (Å²) in [6.45, 7) is 5.76. The molecule has 5 rings (SSSR count). The van der Waals surface area contributed by atoms with Gasteiger partial charge in [-0.15, -0.1) is 0 Å². The first-order chi connectivity index (χ1) is 16.0. The van der Waals surface area contributed by atoms with E-state index in [0.717, 1.165) is 66.9 Å². The number of ether oxygens (including phenoxy) is 1. The maximum Gasteiger partial charge on any atom is 0.224 e. The first kappa shape index (κ1) is 22.0. The van der Waals surface area contributed by atoms with Gasteiger partial charge in [0, 0.05) is 40.9 Å². The van der Waals surface area contributed by atoms with E-state index in [1.54, 1.807) is 6.92 Å². The van der Waals surface area contributed by atoms with E-state index in [1.165, 1.54) is 0 Å². The molecule has 3 heterocycles. The Morgan fingerprint density at radius 1 is 1.12 bits per heavy atom. The second kappa shape index (κ2) is 9.20. The van der Waals surface area contributed by atoms with Gasteiger partial charge >= 0.3 is 0 Å². The number of anilines is 1. The molecule has 7 heteroatoms. The monoisotopic (exact) mass is 464 g/mol. The minimum atomic E-state index is 0.0485. The molecule has 0 unspecified atom stereocenters. The van der Waals surface area contributed by atoms with E-state index >= 15 is 0 Å². The van der Waals surface area contributed by atoms with E-state index in [1.807, 2.05) is 35.4 Å². The van der Waals surface area contributed by atoms with Crippen molar-refractivity contribution < 1.29 is 9.53 Å². The fraction of sp³-hybridized carbons (Fsp3) is 0.385. The lowest BCUT2D eigenvalue weighted by Gasteiger charge is -2.36. The van der Waals surface area contributed by atoms with E-state index in [0.29, 0.717) is 16.8 Å². The lowest BCUT2D eigenvalue weighted by Crippen LogP contribution is -2.40. The maximum atomic E-state index is 12.5. The predicted molar refractivity (Wildman–Crippen MR) is 131 cm³/mol. The summed E-state index contributed by atoms with van der Waals surface area (Å²) in [4.78, 5) is 14.3. The van der Waals surface area contributed by atoms with Crippen LogP contribution in [0.25, 0.3) is 11.1 Å². The molecule has 2 aliphatic rings. The zero-order chi connectivity index (χ0) is 22.9. The summed E-state index contributed by atoms with van der Waals surface area (Å²) in [6.07, 6.45) is 7.93. The van der Waals surface area contributed by atoms with Crippen LogP contribution in [-0.2, 0) is 11.2 Å². The van der Waals surface area contributed by atoms with Gasteiger partial charge in [0.1, 0.15) is 11.5 Å². The molecule has 172 valence electrons. The standard InChI is InChI=1S/C26H29ClN4O2/c1-17-3-8-24-25(31(17)18(2)32)10-9-23(26(24)33-22-6-4-20(27)5-7-22)19-15-29-30(16-19)21-11-13-28-14-12-21/h4-7,9-10,15-17,21,28H,3,8,11-14H2,1-2H3/t17-/m0/s1. The number of carbonyl (C=O) groups is 1. The Hall–Kier alpha value is -2.83. The van der Waals surface area contributed by atoms with Gasteiger partial charge in [-0.2, -0.15) is 5.10 Å². The second-order valence-electron chi connectivity index (χ2n) is 8.96. The zero-order valence-corrected chi connectivity index (χ0v) is 19.8. The van der Waals surface area contributed by atoms with Crippen LogP contribution in [0.5, 0.6) is 11.5 Å². The lowest BCUT2D eigenvalue weighted by molar-refractivity contribution is -0.117. The predicted octanol–water partition coefficient (Wildman–Crippen LogP) is 5.61. The quantitative estimate of drug-likeness (QED) is 0.545. The molecule has 6 nitrogen and oxygen atoms in total. The fourth-order valence-electron chi connectivity index (χ4n) is 5.00. The highest BCUT2D eigenvalue weighted by Crippen LogP contribution is 2.45. The Balaban J connectivity index is 1.59. The molecule has 2 aliphatic heterocycles. The number of nitrogens with one attached hydrogen (secondary N) is 1. The smallest absolute Gasteiger partial charge is 0.224 e. The number of nitrogens with zero attached hydrogens (tertiary/aromatic N) is 3. The van der Waals surface area contributed by atoms with Gasteiger partial charge in [-0.25, -0.2) is 0 Å². The molecular weight excluding hydrogens is 436 g/mol. The highest BCUT2D eigenvalue weighted by molar-refractivity contribution is 6.30. The largest absolute Gasteiger partial charge is 0.456 e. The molecule has 1 atom stereocenters. The van der Waals surface area contributed by atoms with Crippen molar-refractivity contribution in [2.24, 2.45) is 0 Å². The molecule has 1 fully saturated rings. The number of piperidine rings is 1. The molecule has 1 amide bonds. The van der Waals surface area contributed by atoms with Crippen LogP contribution >= 0.6 is 11.6 Å². The van der Waals surface area contributed by atoms with Crippen molar-refractivity contribution in [1.29, 1.82) is 0 Å². The normalized spacial score (nSPS) is 18.8. The maximum absolute atomic E-state index is 12.5. The van der Waals surface area contributed by atoms with Crippen molar-refractivity contribution in [3.05, 3.63) is 59.4 Å². The van der Waals surface area contributed by atoms with E-state index < -0.39 is 0 Å². The summed E-state index contributed by atoms with van der Waals surface area (Å²) >= 11 is 6.09. The first-order valence-electron chi connectivity index (χ1n) is 11.7. The summed E-state index contributed by atoms with van der Waals surface area (Å²) in [5, 5.41) is 8.77. The molecule has 1 saturated heterocycles. The first-order valence-corrected chi connectivity index (χ1v) is 12.0. The van der Waals surface area contributed by atoms with Gasteiger partial charge in [0.2, 0.25) is 5.91 Å². The third kappa shape index (κ3) is 4.37. The molecule has 0 aliphatic carbocycles. The third-order valence-electron chi connectivity index (χ3n) is 6.72. The Morgan fingerprint density at radius 3 is 2.61 bits per heavy atom. The third-order valence-corrected chi connectivity index (χ3v) is 6.97. The highest BCUT2D eigenvalue weighted by atomic mass is 35.5. The van der Waals surface area contributed by atoms with Crippen LogP contribution in [-0.4, -0.2) is 34.8 Å². The molecule has 33 heavy (non-hydrogen) atoms. The zero-order valence-electron chi connectivity index (χ0n) is 19.1. The van der Waals surface area contributed by atoms with Gasteiger partial charge < -0.3 is 15.0 Å². The molecule has 1 N–H and O–H groups in total. The summed E-state index contributed by atoms with van der Waals surface area (Å²) in [5.74, 6) is 1.55. The molecular formula is C26H29ClN4O2. The number of fused-ring (bicyclic) bond motifs is 1. The summed E-state index contributed by atoms with van der Waals surface area (Å²) in [5.41, 5.74) is 4.00. The molecule has 3 aromatic rings. The minimum Gasteiger partial charge on any atom is -0.456 e. The van der Waals surface area contributed by atoms with Crippen molar-refractivity contribution in [2.75, 3.05) is 18.0 Å². The van der Waals surface area contributed by atoms with Crippen molar-refractivity contribution in [1.82, 2.24) is 15.1 Å². The minimum absolute atomic E-state index is 0.0485. The summed E-state index contributed by atoms with van der Waals surface area (Å²) in [6, 6.07) is 12.1. The van der Waals surface area contributed by atoms with Crippen molar-refractivity contribution >= 4 is 23.2 Å². The molecule has 0 saturated carbocycles. The number of carbonyl (C=O) groups excluding carboxylic acids is 1. The van der Waals surface area contributed by atoms with Crippen LogP contribution < -0.4 is 15.0 Å². The van der Waals surface area contributed by atoms with E-state index in [2.05, 4.69) is 35.3 Å². The van der Waals surface area contributed by atoms with Gasteiger partial charge in [0.25, 0.3) is 0 Å². The second-order valence-corrected chi connectivity index (χ2v) is 9.40. The number of hydrogen-bond donors (Lipinski definition) is 1. The Labute approximate surface area is 199 Å². The average molecular weight is 465 g/mol. The van der Waals surface area contributed by atoms with Gasteiger partial charge in [-0.05, 0) is 82.1 Å². The van der Waals surface area contributed by atoms with Crippen LogP contribution in [0.2, 0.25) is 5.02 Å². The Bertz CT molecular complexity index is 1150. The number of benzene rings is 2. The Kier molecular flexibility index (Phi) is 6.13. The van der Waals surface area contributed by atoms with Gasteiger partial charge in [0.15, 0.2) is 0 Å². The molecule has 1 aromatic heterocycles. The number of hydrogen-bond acceptors (Lipinski definition) is 4. The molecule has 2 aromatic carbocycles. The Morgan fingerprint density at radius 2 is 1.88 bits per heavy atom. The van der Waals surface area contributed by atoms with E-state index in [-0.39, 0.29) is 11.9 Å². The van der Waals surface area contributed by atoms with Gasteiger partial charge in [0.05, 0.1) is 17.9 Å². The van der Waals surface area contributed by atoms with Gasteiger partial charge in [-0.3, -0.25) is 9.48 Å². The highest BCUT2D eigenvalue weighted by Gasteiger charge is 2.30. The lowest BCUT2D eigenvalue weighted by atomic mass is 9.92. The average Bonchev–Trinajstić information content (AvgIpc) is 3.31. The van der Waals surface area contributed by atoms with E-state index in [4.69, 9.17) is 21.4 Å². The molecule has 0 spiro atoms. The summed E-state index contributed by atoms with van der Waals surface area (Å²) < 4.78 is 8.58. The van der Waals surface area contributed by atoms with Gasteiger partial charge in [-0.1, -0.05) is 11.6 Å². The van der Waals surface area contributed by atoms with Crippen LogP contribution in [0.4, 0.5) is 5.69 Å². The number of rotatable bonds is 4. The fourth-order valence-corrected chi connectivity index (χ4v) is 5.12. The topological polar surface area (TPSA) is 59.4 Å². The number of amides is 1. The molecule has 0 bridgehead atoms. The van der Waals surface area contributed by atoms with Crippen LogP contribution in [0.3, 0.4) is 0 Å². The van der Waals surface area contributed by atoms with Crippen molar-refractivity contribution in [2.45, 2.75) is 51.6 Å². The van der Waals surface area contributed by atoms with Crippen LogP contribution in [0.1, 0.15) is 44.7 Å². The summed E-state index contributed by atoms with van der Waals surface area (Å²) in [7, 11) is 0. The van der Waals surface area contributed by atoms with Crippen molar-refractivity contribution in [3.63, 3.8) is 0 Å². The van der Waals surface area contributed by atoms with Crippen LogP contribution in [0.15, 0.2) is 48.8 Å². The van der Waals surface area contributed by atoms with E-state index in [9.17, 15) is 4.79 Å². The van der Waals surface area contributed by atoms with Crippen molar-refractivity contribution in [3.8, 4) is 22.6 Å².